The van der Waals surface area contributed by atoms with E-state index in [1.165, 1.54) is 18.4 Å². The van der Waals surface area contributed by atoms with E-state index in [-0.39, 0.29) is 0 Å². The zero-order valence-corrected chi connectivity index (χ0v) is 14.4. The van der Waals surface area contributed by atoms with Crippen molar-refractivity contribution in [2.24, 2.45) is 0 Å². The van der Waals surface area contributed by atoms with Crippen molar-refractivity contribution < 1.29 is 9.53 Å². The van der Waals surface area contributed by atoms with Crippen LogP contribution in [-0.4, -0.2) is 24.3 Å². The van der Waals surface area contributed by atoms with E-state index in [2.05, 4.69) is 32.6 Å². The summed E-state index contributed by atoms with van der Waals surface area (Å²) < 4.78 is 6.14. The van der Waals surface area contributed by atoms with Gasteiger partial charge in [0.05, 0.1) is 5.69 Å². The maximum absolute atomic E-state index is 11.9. The molecule has 5 heteroatoms. The van der Waals surface area contributed by atoms with Crippen molar-refractivity contribution in [2.45, 2.75) is 51.7 Å². The second-order valence-corrected chi connectivity index (χ2v) is 7.29. The molecule has 0 saturated carbocycles. The molecular formula is C16H23BrN2O2. The van der Waals surface area contributed by atoms with Crippen molar-refractivity contribution in [3.8, 4) is 0 Å². The van der Waals surface area contributed by atoms with Gasteiger partial charge in [0.15, 0.2) is 0 Å². The second-order valence-electron chi connectivity index (χ2n) is 6.44. The standard InChI is InChI=1S/C16H23BrN2O2/c1-16(2,3)21-15(20)19-14-10-11(6-7-13(14)17)9-12-5-4-8-18-12/h6-7,10,12,18H,4-5,8-9H2,1-3H3,(H,19,20). The van der Waals surface area contributed by atoms with Crippen LogP contribution >= 0.6 is 15.9 Å². The summed E-state index contributed by atoms with van der Waals surface area (Å²) >= 11 is 3.47. The number of carbonyl (C=O) groups is 1. The molecule has 1 aromatic rings. The van der Waals surface area contributed by atoms with E-state index in [4.69, 9.17) is 4.74 Å². The van der Waals surface area contributed by atoms with Gasteiger partial charge in [-0.15, -0.1) is 0 Å². The summed E-state index contributed by atoms with van der Waals surface area (Å²) in [5, 5.41) is 6.29. The first kappa shape index (κ1) is 16.3. The molecule has 1 unspecified atom stereocenters. The molecule has 21 heavy (non-hydrogen) atoms. The molecule has 0 bridgehead atoms. The van der Waals surface area contributed by atoms with Gasteiger partial charge in [-0.05, 0) is 80.2 Å². The fourth-order valence-electron chi connectivity index (χ4n) is 2.42. The van der Waals surface area contributed by atoms with Crippen LogP contribution in [0.2, 0.25) is 0 Å². The highest BCUT2D eigenvalue weighted by atomic mass is 79.9. The average Bonchev–Trinajstić information content (AvgIpc) is 2.84. The lowest BCUT2D eigenvalue weighted by Gasteiger charge is -2.20. The molecule has 1 amide bonds. The molecule has 1 aromatic carbocycles. The Morgan fingerprint density at radius 1 is 1.48 bits per heavy atom. The largest absolute Gasteiger partial charge is 0.444 e. The first-order chi connectivity index (χ1) is 9.83. The fraction of sp³-hybridized carbons (Fsp3) is 0.562. The van der Waals surface area contributed by atoms with Crippen LogP contribution in [0.3, 0.4) is 0 Å². The van der Waals surface area contributed by atoms with Gasteiger partial charge in [-0.1, -0.05) is 6.07 Å². The van der Waals surface area contributed by atoms with Gasteiger partial charge in [0.25, 0.3) is 0 Å². The van der Waals surface area contributed by atoms with E-state index in [1.807, 2.05) is 32.9 Å². The summed E-state index contributed by atoms with van der Waals surface area (Å²) in [4.78, 5) is 11.9. The van der Waals surface area contributed by atoms with Crippen molar-refractivity contribution in [3.05, 3.63) is 28.2 Å². The molecule has 1 aliphatic rings. The number of ether oxygens (including phenoxy) is 1. The van der Waals surface area contributed by atoms with Crippen molar-refractivity contribution in [1.29, 1.82) is 0 Å². The molecule has 1 heterocycles. The topological polar surface area (TPSA) is 50.4 Å². The van der Waals surface area contributed by atoms with Crippen LogP contribution in [-0.2, 0) is 11.2 Å². The SMILES string of the molecule is CC(C)(C)OC(=O)Nc1cc(CC2CCCN2)ccc1Br. The number of nitrogens with one attached hydrogen (secondary N) is 2. The highest BCUT2D eigenvalue weighted by molar-refractivity contribution is 9.10. The number of amides is 1. The van der Waals surface area contributed by atoms with Gasteiger partial charge in [0, 0.05) is 10.5 Å². The van der Waals surface area contributed by atoms with E-state index in [1.54, 1.807) is 0 Å². The van der Waals surface area contributed by atoms with Gasteiger partial charge in [-0.25, -0.2) is 4.79 Å². The predicted molar refractivity (Wildman–Crippen MR) is 88.7 cm³/mol. The summed E-state index contributed by atoms with van der Waals surface area (Å²) in [5.74, 6) is 0. The van der Waals surface area contributed by atoms with Gasteiger partial charge >= 0.3 is 6.09 Å². The van der Waals surface area contributed by atoms with Gasteiger partial charge in [-0.2, -0.15) is 0 Å². The zero-order valence-electron chi connectivity index (χ0n) is 12.8. The maximum atomic E-state index is 11.9. The molecule has 1 atom stereocenters. The number of halogens is 1. The summed E-state index contributed by atoms with van der Waals surface area (Å²) in [6.45, 7) is 6.65. The third kappa shape index (κ3) is 5.32. The number of hydrogen-bond acceptors (Lipinski definition) is 3. The van der Waals surface area contributed by atoms with Crippen molar-refractivity contribution >= 4 is 27.7 Å². The lowest BCUT2D eigenvalue weighted by Crippen LogP contribution is -2.27. The molecule has 0 aliphatic carbocycles. The maximum Gasteiger partial charge on any atom is 0.412 e. The third-order valence-electron chi connectivity index (χ3n) is 3.31. The normalized spacial score (nSPS) is 18.6. The summed E-state index contributed by atoms with van der Waals surface area (Å²) in [6, 6.07) is 6.61. The van der Waals surface area contributed by atoms with Crippen LogP contribution in [0.4, 0.5) is 10.5 Å². The first-order valence-corrected chi connectivity index (χ1v) is 8.14. The van der Waals surface area contributed by atoms with E-state index in [0.717, 1.165) is 23.1 Å². The van der Waals surface area contributed by atoms with Crippen LogP contribution in [0, 0.1) is 0 Å². The Morgan fingerprint density at radius 3 is 2.86 bits per heavy atom. The molecule has 2 N–H and O–H groups in total. The Labute approximate surface area is 134 Å². The predicted octanol–water partition coefficient (Wildman–Crippen LogP) is 4.09. The lowest BCUT2D eigenvalue weighted by molar-refractivity contribution is 0.0636. The average molecular weight is 355 g/mol. The number of benzene rings is 1. The molecule has 2 rings (SSSR count). The molecule has 0 spiro atoms. The molecule has 0 radical (unpaired) electrons. The Bertz CT molecular complexity index is 505. The number of rotatable bonds is 3. The minimum Gasteiger partial charge on any atom is -0.444 e. The van der Waals surface area contributed by atoms with Gasteiger partial charge in [-0.3, -0.25) is 5.32 Å². The fourth-order valence-corrected chi connectivity index (χ4v) is 2.77. The molecule has 1 fully saturated rings. The zero-order chi connectivity index (χ0) is 15.5. The summed E-state index contributed by atoms with van der Waals surface area (Å²) in [6.07, 6.45) is 3.00. The molecule has 0 aromatic heterocycles. The molecule has 1 saturated heterocycles. The lowest BCUT2D eigenvalue weighted by atomic mass is 10.0. The van der Waals surface area contributed by atoms with Crippen LogP contribution in [0.1, 0.15) is 39.2 Å². The third-order valence-corrected chi connectivity index (χ3v) is 4.00. The summed E-state index contributed by atoms with van der Waals surface area (Å²) in [5.41, 5.74) is 1.46. The number of carbonyl (C=O) groups excluding carboxylic acids is 1. The van der Waals surface area contributed by atoms with E-state index in [9.17, 15) is 4.79 Å². The van der Waals surface area contributed by atoms with Gasteiger partial charge < -0.3 is 10.1 Å². The number of anilines is 1. The minimum atomic E-state index is -0.498. The van der Waals surface area contributed by atoms with Gasteiger partial charge in [0.2, 0.25) is 0 Å². The van der Waals surface area contributed by atoms with E-state index < -0.39 is 11.7 Å². The summed E-state index contributed by atoms with van der Waals surface area (Å²) in [7, 11) is 0. The minimum absolute atomic E-state index is 0.431. The molecular weight excluding hydrogens is 332 g/mol. The van der Waals surface area contributed by atoms with Gasteiger partial charge in [0.1, 0.15) is 5.60 Å². The number of hydrogen-bond donors (Lipinski definition) is 2. The van der Waals surface area contributed by atoms with Crippen molar-refractivity contribution in [3.63, 3.8) is 0 Å². The molecule has 1 aliphatic heterocycles. The monoisotopic (exact) mass is 354 g/mol. The smallest absolute Gasteiger partial charge is 0.412 e. The van der Waals surface area contributed by atoms with Crippen LogP contribution in [0.15, 0.2) is 22.7 Å². The van der Waals surface area contributed by atoms with Crippen LogP contribution in [0.25, 0.3) is 0 Å². The van der Waals surface area contributed by atoms with E-state index in [0.29, 0.717) is 6.04 Å². The quantitative estimate of drug-likeness (QED) is 0.859. The molecule has 4 nitrogen and oxygen atoms in total. The second kappa shape index (κ2) is 6.79. The molecule has 116 valence electrons. The Balaban J connectivity index is 2.02. The van der Waals surface area contributed by atoms with E-state index >= 15 is 0 Å². The van der Waals surface area contributed by atoms with Crippen molar-refractivity contribution in [2.75, 3.05) is 11.9 Å². The highest BCUT2D eigenvalue weighted by Gasteiger charge is 2.18. The Morgan fingerprint density at radius 2 is 2.24 bits per heavy atom. The van der Waals surface area contributed by atoms with Crippen molar-refractivity contribution in [1.82, 2.24) is 5.32 Å². The van der Waals surface area contributed by atoms with Crippen LogP contribution in [0.5, 0.6) is 0 Å². The first-order valence-electron chi connectivity index (χ1n) is 7.35. The van der Waals surface area contributed by atoms with Crippen LogP contribution < -0.4 is 10.6 Å². The Hall–Kier alpha value is -1.07. The Kier molecular flexibility index (Phi) is 5.27. The highest BCUT2D eigenvalue weighted by Crippen LogP contribution is 2.25.